The maximum Gasteiger partial charge on any atom is 0.231 e. The van der Waals surface area contributed by atoms with Gasteiger partial charge in [0.25, 0.3) is 0 Å². The van der Waals surface area contributed by atoms with E-state index < -0.39 is 0 Å². The van der Waals surface area contributed by atoms with Crippen LogP contribution < -0.4 is 29.6 Å². The molecule has 0 aliphatic carbocycles. The molecule has 0 unspecified atom stereocenters. The summed E-state index contributed by atoms with van der Waals surface area (Å²) in [5.41, 5.74) is 2.17. The van der Waals surface area contributed by atoms with Gasteiger partial charge in [0.05, 0.1) is 11.5 Å². The first-order valence-corrected chi connectivity index (χ1v) is 13.8. The van der Waals surface area contributed by atoms with E-state index in [1.165, 1.54) is 23.5 Å². The highest BCUT2D eigenvalue weighted by atomic mass is 32.2. The molecule has 3 aromatic rings. The molecule has 2 aliphatic rings. The van der Waals surface area contributed by atoms with Gasteiger partial charge in [-0.3, -0.25) is 9.59 Å². The molecule has 5 rings (SSSR count). The highest BCUT2D eigenvalue weighted by Gasteiger charge is 2.18. The van der Waals surface area contributed by atoms with Gasteiger partial charge < -0.3 is 29.6 Å². The third kappa shape index (κ3) is 6.22. The zero-order valence-electron chi connectivity index (χ0n) is 19.3. The van der Waals surface area contributed by atoms with E-state index in [-0.39, 0.29) is 36.9 Å². The Kier molecular flexibility index (Phi) is 7.88. The van der Waals surface area contributed by atoms with E-state index >= 15 is 0 Å². The Morgan fingerprint density at radius 2 is 1.41 bits per heavy atom. The average molecular weight is 557 g/mol. The predicted octanol–water partition coefficient (Wildman–Crippen LogP) is 3.29. The first-order chi connectivity index (χ1) is 18.1. The maximum atomic E-state index is 12.3. The summed E-state index contributed by atoms with van der Waals surface area (Å²) in [7, 11) is 0. The molecule has 2 N–H and O–H groups in total. The third-order valence-electron chi connectivity index (χ3n) is 5.27. The Morgan fingerprint density at radius 3 is 1.97 bits per heavy atom. The van der Waals surface area contributed by atoms with Crippen LogP contribution in [0.3, 0.4) is 0 Å². The molecule has 190 valence electrons. The van der Waals surface area contributed by atoms with Gasteiger partial charge in [-0.05, 0) is 46.9 Å². The molecule has 1 aromatic heterocycles. The lowest BCUT2D eigenvalue weighted by atomic mass is 10.2. The standard InChI is InChI=1S/C24H20N4O6S3/c25-7-16-23(35-10-21(29)26-8-14-1-3-17-19(5-14)33-12-31-17)28-37-24(16)36-11-22(30)27-9-15-2-4-18-20(6-15)34-13-32-18/h1-6H,8-13H2,(H,26,29)(H,27,30). The summed E-state index contributed by atoms with van der Waals surface area (Å²) < 4.78 is 26.2. The maximum absolute atomic E-state index is 12.3. The molecule has 2 aliphatic heterocycles. The van der Waals surface area contributed by atoms with Crippen LogP contribution in [0, 0.1) is 11.3 Å². The van der Waals surface area contributed by atoms with E-state index in [0.29, 0.717) is 50.9 Å². The van der Waals surface area contributed by atoms with E-state index in [2.05, 4.69) is 21.1 Å². The number of amides is 2. The minimum atomic E-state index is -0.184. The Hall–Kier alpha value is -3.60. The molecule has 10 nitrogen and oxygen atoms in total. The van der Waals surface area contributed by atoms with Gasteiger partial charge in [-0.1, -0.05) is 23.9 Å². The lowest BCUT2D eigenvalue weighted by Crippen LogP contribution is -2.24. The predicted molar refractivity (Wildman–Crippen MR) is 137 cm³/mol. The van der Waals surface area contributed by atoms with Crippen LogP contribution in [0.1, 0.15) is 16.7 Å². The Morgan fingerprint density at radius 1 is 0.865 bits per heavy atom. The number of aromatic nitrogens is 1. The summed E-state index contributed by atoms with van der Waals surface area (Å²) in [5.74, 6) is 2.61. The summed E-state index contributed by atoms with van der Waals surface area (Å²) in [6.07, 6.45) is 0. The topological polar surface area (TPSA) is 132 Å². The number of nitrogens with one attached hydrogen (secondary N) is 2. The molecule has 2 aromatic carbocycles. The van der Waals surface area contributed by atoms with Gasteiger partial charge in [0, 0.05) is 13.1 Å². The summed E-state index contributed by atoms with van der Waals surface area (Å²) in [4.78, 5) is 24.7. The van der Waals surface area contributed by atoms with Crippen molar-refractivity contribution < 1.29 is 28.5 Å². The van der Waals surface area contributed by atoms with Crippen molar-refractivity contribution in [2.75, 3.05) is 25.1 Å². The molecule has 0 atom stereocenters. The number of thioether (sulfide) groups is 2. The number of nitrogens with zero attached hydrogens (tertiary/aromatic N) is 2. The molecule has 0 spiro atoms. The highest BCUT2D eigenvalue weighted by molar-refractivity contribution is 8.02. The minimum Gasteiger partial charge on any atom is -0.454 e. The molecule has 37 heavy (non-hydrogen) atoms. The van der Waals surface area contributed by atoms with Crippen molar-refractivity contribution in [3.63, 3.8) is 0 Å². The number of rotatable bonds is 10. The largest absolute Gasteiger partial charge is 0.454 e. The van der Waals surface area contributed by atoms with Gasteiger partial charge >= 0.3 is 0 Å². The zero-order chi connectivity index (χ0) is 25.6. The van der Waals surface area contributed by atoms with Crippen LogP contribution >= 0.6 is 35.1 Å². The number of benzene rings is 2. The van der Waals surface area contributed by atoms with Crippen molar-refractivity contribution in [2.45, 2.75) is 22.3 Å². The third-order valence-corrected chi connectivity index (χ3v) is 8.45. The fraction of sp³-hybridized carbons (Fsp3) is 0.250. The van der Waals surface area contributed by atoms with E-state index in [9.17, 15) is 14.9 Å². The molecule has 13 heteroatoms. The first kappa shape index (κ1) is 25.1. The number of hydrogen-bond donors (Lipinski definition) is 2. The van der Waals surface area contributed by atoms with E-state index in [0.717, 1.165) is 22.7 Å². The van der Waals surface area contributed by atoms with Gasteiger partial charge in [-0.25, -0.2) is 0 Å². The molecule has 0 radical (unpaired) electrons. The molecule has 0 bridgehead atoms. The lowest BCUT2D eigenvalue weighted by molar-refractivity contribution is -0.119. The minimum absolute atomic E-state index is 0.114. The zero-order valence-corrected chi connectivity index (χ0v) is 21.7. The fourth-order valence-electron chi connectivity index (χ4n) is 3.42. The van der Waals surface area contributed by atoms with Gasteiger partial charge in [-0.2, -0.15) is 9.64 Å². The van der Waals surface area contributed by atoms with E-state index in [4.69, 9.17) is 18.9 Å². The van der Waals surface area contributed by atoms with Crippen LogP contribution in [0.2, 0.25) is 0 Å². The van der Waals surface area contributed by atoms with Crippen LogP contribution in [0.25, 0.3) is 0 Å². The van der Waals surface area contributed by atoms with Gasteiger partial charge in [0.1, 0.15) is 20.9 Å². The van der Waals surface area contributed by atoms with Crippen molar-refractivity contribution in [2.24, 2.45) is 0 Å². The second-order valence-electron chi connectivity index (χ2n) is 7.77. The van der Waals surface area contributed by atoms with Gasteiger partial charge in [-0.15, -0.1) is 11.8 Å². The van der Waals surface area contributed by atoms with Crippen LogP contribution in [-0.2, 0) is 22.7 Å². The second kappa shape index (κ2) is 11.6. The Bertz CT molecular complexity index is 1280. The summed E-state index contributed by atoms with van der Waals surface area (Å²) >= 11 is 3.59. The molecule has 0 saturated carbocycles. The second-order valence-corrected chi connectivity index (χ2v) is 10.7. The van der Waals surface area contributed by atoms with Crippen LogP contribution in [-0.4, -0.2) is 41.3 Å². The number of hydrogen-bond acceptors (Lipinski definition) is 11. The Labute approximate surface area is 224 Å². The SMILES string of the molecule is N#Cc1c(SCC(=O)NCc2ccc3c(c2)OCO3)nsc1SCC(=O)NCc1ccc2c(c1)OCO2. The molecule has 0 saturated heterocycles. The molecular formula is C24H20N4O6S3. The first-order valence-electron chi connectivity index (χ1n) is 11.0. The molecule has 0 fully saturated rings. The molecular weight excluding hydrogens is 536 g/mol. The summed E-state index contributed by atoms with van der Waals surface area (Å²) in [6.45, 7) is 1.10. The monoisotopic (exact) mass is 556 g/mol. The number of ether oxygens (including phenoxy) is 4. The van der Waals surface area contributed by atoms with Crippen molar-refractivity contribution in [1.82, 2.24) is 15.0 Å². The smallest absolute Gasteiger partial charge is 0.231 e. The van der Waals surface area contributed by atoms with Crippen molar-refractivity contribution >= 4 is 46.9 Å². The Balaban J connectivity index is 1.06. The van der Waals surface area contributed by atoms with Crippen LogP contribution in [0.5, 0.6) is 23.0 Å². The van der Waals surface area contributed by atoms with Crippen molar-refractivity contribution in [1.29, 1.82) is 5.26 Å². The van der Waals surface area contributed by atoms with Gasteiger partial charge in [0.2, 0.25) is 25.4 Å². The van der Waals surface area contributed by atoms with Gasteiger partial charge in [0.15, 0.2) is 23.0 Å². The van der Waals surface area contributed by atoms with Crippen molar-refractivity contribution in [3.05, 3.63) is 53.1 Å². The summed E-state index contributed by atoms with van der Waals surface area (Å²) in [6, 6.07) is 13.2. The highest BCUT2D eigenvalue weighted by Crippen LogP contribution is 2.35. The van der Waals surface area contributed by atoms with Crippen molar-refractivity contribution in [3.8, 4) is 29.1 Å². The number of nitriles is 1. The molecule has 2 amide bonds. The fourth-order valence-corrected chi connectivity index (χ4v) is 6.18. The van der Waals surface area contributed by atoms with E-state index in [1.54, 1.807) is 0 Å². The number of fused-ring (bicyclic) bond motifs is 2. The average Bonchev–Trinajstić information content (AvgIpc) is 3.66. The molecule has 3 heterocycles. The number of carbonyl (C=O) groups excluding carboxylic acids is 2. The van der Waals surface area contributed by atoms with Crippen LogP contribution in [0.4, 0.5) is 0 Å². The lowest BCUT2D eigenvalue weighted by Gasteiger charge is -2.06. The number of carbonyl (C=O) groups is 2. The normalized spacial score (nSPS) is 12.7. The quantitative estimate of drug-likeness (QED) is 0.359. The van der Waals surface area contributed by atoms with Crippen LogP contribution in [0.15, 0.2) is 45.6 Å². The van der Waals surface area contributed by atoms with E-state index in [1.807, 2.05) is 36.4 Å². The summed E-state index contributed by atoms with van der Waals surface area (Å²) in [5, 5.41) is 15.8.